The highest BCUT2D eigenvalue weighted by Gasteiger charge is 2.10. The second-order valence-corrected chi connectivity index (χ2v) is 4.34. The Morgan fingerprint density at radius 3 is 2.47 bits per heavy atom. The van der Waals surface area contributed by atoms with E-state index in [0.29, 0.717) is 17.9 Å². The Hall–Kier alpha value is -2.04. The summed E-state index contributed by atoms with van der Waals surface area (Å²) in [7, 11) is 0. The lowest BCUT2D eigenvalue weighted by molar-refractivity contribution is 0.304. The van der Waals surface area contributed by atoms with Crippen LogP contribution in [0.2, 0.25) is 0 Å². The molecule has 19 heavy (non-hydrogen) atoms. The van der Waals surface area contributed by atoms with Crippen molar-refractivity contribution in [3.8, 4) is 11.5 Å². The van der Waals surface area contributed by atoms with E-state index in [1.165, 1.54) is 0 Å². The minimum Gasteiger partial charge on any atom is -0.507 e. The van der Waals surface area contributed by atoms with E-state index in [0.717, 1.165) is 5.56 Å². The molecule has 0 bridgehead atoms. The SMILES string of the molecule is NC[C@H](N)c1ccc(OCc2ccccc2)cc1O. The van der Waals surface area contributed by atoms with Crippen LogP contribution < -0.4 is 16.2 Å². The van der Waals surface area contributed by atoms with Crippen LogP contribution in [0, 0.1) is 0 Å². The maximum absolute atomic E-state index is 9.87. The van der Waals surface area contributed by atoms with Crippen molar-refractivity contribution in [1.82, 2.24) is 0 Å². The summed E-state index contributed by atoms with van der Waals surface area (Å²) < 4.78 is 5.61. The molecule has 2 aromatic rings. The summed E-state index contributed by atoms with van der Waals surface area (Å²) in [5.74, 6) is 0.720. The van der Waals surface area contributed by atoms with Gasteiger partial charge >= 0.3 is 0 Å². The standard InChI is InChI=1S/C15H18N2O2/c16-9-14(17)13-7-6-12(8-15(13)18)19-10-11-4-2-1-3-5-11/h1-8,14,18H,9-10,16-17H2/t14-/m0/s1. The Morgan fingerprint density at radius 1 is 1.11 bits per heavy atom. The minimum atomic E-state index is -0.358. The van der Waals surface area contributed by atoms with E-state index in [1.54, 1.807) is 18.2 Å². The van der Waals surface area contributed by atoms with Crippen LogP contribution in [0.3, 0.4) is 0 Å². The van der Waals surface area contributed by atoms with Crippen LogP contribution in [0.25, 0.3) is 0 Å². The summed E-state index contributed by atoms with van der Waals surface area (Å²) in [6.45, 7) is 0.750. The van der Waals surface area contributed by atoms with Crippen LogP contribution in [0.4, 0.5) is 0 Å². The molecule has 100 valence electrons. The highest BCUT2D eigenvalue weighted by atomic mass is 16.5. The molecule has 0 heterocycles. The summed E-state index contributed by atoms with van der Waals surface area (Å²) >= 11 is 0. The molecule has 2 rings (SSSR count). The van der Waals surface area contributed by atoms with Crippen molar-refractivity contribution in [3.05, 3.63) is 59.7 Å². The van der Waals surface area contributed by atoms with E-state index in [9.17, 15) is 5.11 Å². The first-order valence-electron chi connectivity index (χ1n) is 6.16. The second-order valence-electron chi connectivity index (χ2n) is 4.34. The zero-order valence-corrected chi connectivity index (χ0v) is 10.6. The topological polar surface area (TPSA) is 81.5 Å². The first kappa shape index (κ1) is 13.4. The molecule has 0 aromatic heterocycles. The molecular formula is C15H18N2O2. The van der Waals surface area contributed by atoms with Crippen LogP contribution in [-0.4, -0.2) is 11.7 Å². The predicted octanol–water partition coefficient (Wildman–Crippen LogP) is 1.93. The van der Waals surface area contributed by atoms with Crippen LogP contribution in [0.1, 0.15) is 17.2 Å². The molecule has 0 aliphatic rings. The number of aromatic hydroxyl groups is 1. The average Bonchev–Trinajstić information content (AvgIpc) is 2.45. The predicted molar refractivity (Wildman–Crippen MR) is 74.9 cm³/mol. The van der Waals surface area contributed by atoms with Gasteiger partial charge in [0.1, 0.15) is 18.1 Å². The Morgan fingerprint density at radius 2 is 1.84 bits per heavy atom. The Kier molecular flexibility index (Phi) is 4.39. The molecule has 2 aromatic carbocycles. The van der Waals surface area contributed by atoms with Gasteiger partial charge in [-0.25, -0.2) is 0 Å². The number of hydrogen-bond donors (Lipinski definition) is 3. The zero-order chi connectivity index (χ0) is 13.7. The molecule has 1 atom stereocenters. The Bertz CT molecular complexity index is 529. The molecule has 0 spiro atoms. The van der Waals surface area contributed by atoms with Gasteiger partial charge in [-0.2, -0.15) is 0 Å². The van der Waals surface area contributed by atoms with Crippen molar-refractivity contribution in [2.75, 3.05) is 6.54 Å². The van der Waals surface area contributed by atoms with Gasteiger partial charge in [-0.3, -0.25) is 0 Å². The van der Waals surface area contributed by atoms with Crippen molar-refractivity contribution >= 4 is 0 Å². The number of phenols is 1. The van der Waals surface area contributed by atoms with Crippen molar-refractivity contribution in [2.45, 2.75) is 12.6 Å². The summed E-state index contributed by atoms with van der Waals surface area (Å²) in [6.07, 6.45) is 0. The van der Waals surface area contributed by atoms with Gasteiger partial charge in [-0.1, -0.05) is 36.4 Å². The van der Waals surface area contributed by atoms with E-state index in [2.05, 4.69) is 0 Å². The maximum Gasteiger partial charge on any atom is 0.124 e. The minimum absolute atomic E-state index is 0.114. The van der Waals surface area contributed by atoms with Crippen LogP contribution in [0.15, 0.2) is 48.5 Å². The van der Waals surface area contributed by atoms with E-state index in [1.807, 2.05) is 30.3 Å². The largest absolute Gasteiger partial charge is 0.507 e. The fourth-order valence-corrected chi connectivity index (χ4v) is 1.79. The number of hydrogen-bond acceptors (Lipinski definition) is 4. The number of rotatable bonds is 5. The van der Waals surface area contributed by atoms with Crippen molar-refractivity contribution in [2.24, 2.45) is 11.5 Å². The van der Waals surface area contributed by atoms with Gasteiger partial charge in [-0.15, -0.1) is 0 Å². The lowest BCUT2D eigenvalue weighted by Crippen LogP contribution is -2.20. The summed E-state index contributed by atoms with van der Waals surface area (Å²) in [5, 5.41) is 9.87. The molecule has 4 nitrogen and oxygen atoms in total. The van der Waals surface area contributed by atoms with Gasteiger partial charge < -0.3 is 21.3 Å². The fourth-order valence-electron chi connectivity index (χ4n) is 1.79. The molecule has 0 aliphatic carbocycles. The molecule has 0 aliphatic heterocycles. The van der Waals surface area contributed by atoms with E-state index < -0.39 is 0 Å². The summed E-state index contributed by atoms with van der Waals surface area (Å²) in [4.78, 5) is 0. The monoisotopic (exact) mass is 258 g/mol. The molecule has 5 N–H and O–H groups in total. The highest BCUT2D eigenvalue weighted by molar-refractivity contribution is 5.41. The van der Waals surface area contributed by atoms with Gasteiger partial charge in [0.2, 0.25) is 0 Å². The Labute approximate surface area is 112 Å². The van der Waals surface area contributed by atoms with Gasteiger partial charge in [0.25, 0.3) is 0 Å². The third-order valence-electron chi connectivity index (χ3n) is 2.90. The third-order valence-corrected chi connectivity index (χ3v) is 2.90. The number of benzene rings is 2. The van der Waals surface area contributed by atoms with Crippen molar-refractivity contribution in [3.63, 3.8) is 0 Å². The molecule has 0 saturated heterocycles. The number of ether oxygens (including phenoxy) is 1. The van der Waals surface area contributed by atoms with Gasteiger partial charge in [0.15, 0.2) is 0 Å². The average molecular weight is 258 g/mol. The fraction of sp³-hybridized carbons (Fsp3) is 0.200. The normalized spacial score (nSPS) is 12.1. The van der Waals surface area contributed by atoms with Crippen molar-refractivity contribution in [1.29, 1.82) is 0 Å². The zero-order valence-electron chi connectivity index (χ0n) is 10.6. The molecule has 0 amide bonds. The third kappa shape index (κ3) is 3.47. The van der Waals surface area contributed by atoms with E-state index >= 15 is 0 Å². The first-order valence-corrected chi connectivity index (χ1v) is 6.16. The summed E-state index contributed by atoms with van der Waals surface area (Å²) in [5.41, 5.74) is 13.0. The number of nitrogens with two attached hydrogens (primary N) is 2. The Balaban J connectivity index is 2.04. The highest BCUT2D eigenvalue weighted by Crippen LogP contribution is 2.27. The van der Waals surface area contributed by atoms with Gasteiger partial charge in [0.05, 0.1) is 0 Å². The smallest absolute Gasteiger partial charge is 0.124 e. The van der Waals surface area contributed by atoms with Crippen LogP contribution >= 0.6 is 0 Å². The van der Waals surface area contributed by atoms with E-state index in [-0.39, 0.29) is 18.3 Å². The van der Waals surface area contributed by atoms with Crippen molar-refractivity contribution < 1.29 is 9.84 Å². The van der Waals surface area contributed by atoms with E-state index in [4.69, 9.17) is 16.2 Å². The quantitative estimate of drug-likeness (QED) is 0.765. The molecule has 0 radical (unpaired) electrons. The number of phenolic OH excluding ortho intramolecular Hbond substituents is 1. The lowest BCUT2D eigenvalue weighted by Gasteiger charge is -2.13. The van der Waals surface area contributed by atoms with Gasteiger partial charge in [0, 0.05) is 24.2 Å². The molecule has 0 unspecified atom stereocenters. The molecule has 4 heteroatoms. The summed E-state index contributed by atoms with van der Waals surface area (Å²) in [6, 6.07) is 14.6. The molecule has 0 fully saturated rings. The molecule has 0 saturated carbocycles. The molecular weight excluding hydrogens is 240 g/mol. The lowest BCUT2D eigenvalue weighted by atomic mass is 10.1. The van der Waals surface area contributed by atoms with Crippen LogP contribution in [0.5, 0.6) is 11.5 Å². The first-order chi connectivity index (χ1) is 9.20. The van der Waals surface area contributed by atoms with Crippen LogP contribution in [-0.2, 0) is 6.61 Å². The maximum atomic E-state index is 9.87. The van der Waals surface area contributed by atoms with Gasteiger partial charge in [-0.05, 0) is 11.6 Å². The second kappa shape index (κ2) is 6.22.